The molecule has 0 bridgehead atoms. The van der Waals surface area contributed by atoms with Crippen LogP contribution in [0.3, 0.4) is 0 Å². The summed E-state index contributed by atoms with van der Waals surface area (Å²) in [7, 11) is 0.952. The Hall–Kier alpha value is -2.69. The van der Waals surface area contributed by atoms with Gasteiger partial charge in [0.05, 0.1) is 16.5 Å². The average molecular weight is 385 g/mol. The average Bonchev–Trinajstić information content (AvgIpc) is 2.63. The van der Waals surface area contributed by atoms with Gasteiger partial charge in [0.25, 0.3) is 5.91 Å². The molecule has 0 aliphatic heterocycles. The van der Waals surface area contributed by atoms with Crippen molar-refractivity contribution >= 4 is 15.9 Å². The number of carbonyl (C=O) groups excluding carboxylic acids is 1. The Morgan fingerprint density at radius 2 is 1.67 bits per heavy atom. The molecule has 2 rings (SSSR count). The normalized spacial score (nSPS) is 11.3. The summed E-state index contributed by atoms with van der Waals surface area (Å²) in [6, 6.07) is 12.2. The smallest absolute Gasteiger partial charge is 0.253 e. The molecular formula is C20H23N3O3S. The topological polar surface area (TPSA) is 81.5 Å². The molecule has 142 valence electrons. The fraction of sp³-hybridized carbons (Fsp3) is 0.300. The monoisotopic (exact) mass is 385 g/mol. The summed E-state index contributed by atoms with van der Waals surface area (Å²) in [6.07, 6.45) is 0. The van der Waals surface area contributed by atoms with Crippen LogP contribution in [0.2, 0.25) is 0 Å². The van der Waals surface area contributed by atoms with Crippen molar-refractivity contribution < 1.29 is 13.2 Å². The minimum atomic E-state index is -3.65. The Morgan fingerprint density at radius 1 is 1.07 bits per heavy atom. The summed E-state index contributed by atoms with van der Waals surface area (Å²) in [4.78, 5) is 14.5. The molecule has 0 heterocycles. The van der Waals surface area contributed by atoms with E-state index < -0.39 is 10.0 Å². The van der Waals surface area contributed by atoms with Crippen molar-refractivity contribution in [1.29, 1.82) is 5.26 Å². The first-order valence-corrected chi connectivity index (χ1v) is 9.80. The van der Waals surface area contributed by atoms with E-state index in [-0.39, 0.29) is 10.8 Å². The third kappa shape index (κ3) is 4.35. The molecule has 0 unspecified atom stereocenters. The van der Waals surface area contributed by atoms with Gasteiger partial charge in [-0.3, -0.25) is 4.79 Å². The highest BCUT2D eigenvalue weighted by Crippen LogP contribution is 2.24. The number of sulfonamides is 1. The Bertz CT molecular complexity index is 1000. The second-order valence-electron chi connectivity index (χ2n) is 6.67. The van der Waals surface area contributed by atoms with Crippen LogP contribution < -0.4 is 0 Å². The highest BCUT2D eigenvalue weighted by molar-refractivity contribution is 7.89. The van der Waals surface area contributed by atoms with E-state index in [1.165, 1.54) is 25.1 Å². The van der Waals surface area contributed by atoms with Gasteiger partial charge in [-0.15, -0.1) is 0 Å². The van der Waals surface area contributed by atoms with Crippen molar-refractivity contribution in [3.63, 3.8) is 0 Å². The van der Waals surface area contributed by atoms with Gasteiger partial charge in [-0.25, -0.2) is 12.7 Å². The highest BCUT2D eigenvalue weighted by atomic mass is 32.2. The van der Waals surface area contributed by atoms with Crippen LogP contribution in [0.4, 0.5) is 0 Å². The van der Waals surface area contributed by atoms with Crippen molar-refractivity contribution in [2.24, 2.45) is 0 Å². The van der Waals surface area contributed by atoms with Crippen LogP contribution in [0.5, 0.6) is 0 Å². The fourth-order valence-electron chi connectivity index (χ4n) is 2.67. The lowest BCUT2D eigenvalue weighted by molar-refractivity contribution is 0.0784. The van der Waals surface area contributed by atoms with E-state index in [0.717, 1.165) is 15.4 Å². The maximum atomic E-state index is 12.8. The van der Waals surface area contributed by atoms with Crippen molar-refractivity contribution in [2.75, 3.05) is 21.1 Å². The largest absolute Gasteiger partial charge is 0.337 e. The molecule has 1 amide bonds. The van der Waals surface area contributed by atoms with Crippen LogP contribution in [0.1, 0.15) is 32.6 Å². The molecule has 0 fully saturated rings. The van der Waals surface area contributed by atoms with Crippen LogP contribution >= 0.6 is 0 Å². The molecule has 0 N–H and O–H groups in total. The first kappa shape index (κ1) is 20.6. The quantitative estimate of drug-likeness (QED) is 0.792. The lowest BCUT2D eigenvalue weighted by Gasteiger charge is -2.20. The predicted molar refractivity (Wildman–Crippen MR) is 104 cm³/mol. The molecule has 6 nitrogen and oxygen atoms in total. The number of rotatable bonds is 5. The highest BCUT2D eigenvalue weighted by Gasteiger charge is 2.24. The number of hydrogen-bond donors (Lipinski definition) is 0. The molecule has 0 aliphatic carbocycles. The number of aryl methyl sites for hydroxylation is 1. The molecule has 2 aromatic rings. The summed E-state index contributed by atoms with van der Waals surface area (Å²) in [5, 5.41) is 8.86. The summed E-state index contributed by atoms with van der Waals surface area (Å²) < 4.78 is 26.3. The second kappa shape index (κ2) is 7.91. The first-order valence-electron chi connectivity index (χ1n) is 8.36. The minimum Gasteiger partial charge on any atom is -0.337 e. The van der Waals surface area contributed by atoms with Crippen LogP contribution in [0.25, 0.3) is 0 Å². The molecule has 0 atom stereocenters. The van der Waals surface area contributed by atoms with Crippen molar-refractivity contribution in [1.82, 2.24) is 9.21 Å². The second-order valence-corrected chi connectivity index (χ2v) is 8.79. The zero-order valence-corrected chi connectivity index (χ0v) is 17.0. The van der Waals surface area contributed by atoms with Crippen molar-refractivity contribution in [2.45, 2.75) is 25.3 Å². The molecule has 2 aromatic carbocycles. The van der Waals surface area contributed by atoms with E-state index in [2.05, 4.69) is 6.07 Å². The first-order chi connectivity index (χ1) is 12.6. The SMILES string of the molecule is Cc1cc(C(=O)N(C)Cc2ccc(C#N)cc2)cc(S(=O)(=O)N(C)C)c1C. The van der Waals surface area contributed by atoms with Crippen molar-refractivity contribution in [3.8, 4) is 6.07 Å². The Kier molecular flexibility index (Phi) is 6.04. The number of nitrogens with zero attached hydrogens (tertiary/aromatic N) is 3. The molecule has 27 heavy (non-hydrogen) atoms. The fourth-order valence-corrected chi connectivity index (χ4v) is 3.88. The lowest BCUT2D eigenvalue weighted by Crippen LogP contribution is -2.28. The van der Waals surface area contributed by atoms with Gasteiger partial charge in [0.15, 0.2) is 0 Å². The zero-order valence-electron chi connectivity index (χ0n) is 16.1. The van der Waals surface area contributed by atoms with Gasteiger partial charge in [0, 0.05) is 33.3 Å². The molecule has 0 radical (unpaired) electrons. The van der Waals surface area contributed by atoms with Crippen LogP contribution in [-0.2, 0) is 16.6 Å². The molecule has 0 aliphatic rings. The number of carbonyl (C=O) groups is 1. The molecule has 0 saturated carbocycles. The molecule has 0 saturated heterocycles. The standard InChI is InChI=1S/C20H23N3O3S/c1-14-10-18(11-19(15(14)2)27(25,26)22(3)4)20(24)23(5)13-17-8-6-16(12-21)7-9-17/h6-11H,13H2,1-5H3. The summed E-state index contributed by atoms with van der Waals surface area (Å²) in [6.45, 7) is 3.88. The van der Waals surface area contributed by atoms with Gasteiger partial charge < -0.3 is 4.90 Å². The van der Waals surface area contributed by atoms with Gasteiger partial charge in [-0.2, -0.15) is 5.26 Å². The summed E-state index contributed by atoms with van der Waals surface area (Å²) in [5.41, 5.74) is 3.15. The summed E-state index contributed by atoms with van der Waals surface area (Å²) in [5.74, 6) is -0.266. The Balaban J connectivity index is 2.35. The number of hydrogen-bond acceptors (Lipinski definition) is 4. The third-order valence-corrected chi connectivity index (χ3v) is 6.42. The van der Waals surface area contributed by atoms with Crippen LogP contribution in [0.15, 0.2) is 41.3 Å². The number of amides is 1. The van der Waals surface area contributed by atoms with Gasteiger partial charge in [-0.05, 0) is 54.8 Å². The van der Waals surface area contributed by atoms with Gasteiger partial charge in [-0.1, -0.05) is 12.1 Å². The zero-order chi connectivity index (χ0) is 20.4. The van der Waals surface area contributed by atoms with E-state index in [0.29, 0.717) is 23.2 Å². The van der Waals surface area contributed by atoms with Gasteiger partial charge in [0.2, 0.25) is 10.0 Å². The van der Waals surface area contributed by atoms with Gasteiger partial charge >= 0.3 is 0 Å². The van der Waals surface area contributed by atoms with E-state index in [1.807, 2.05) is 0 Å². The molecular weight excluding hydrogens is 362 g/mol. The van der Waals surface area contributed by atoms with E-state index in [1.54, 1.807) is 51.2 Å². The Morgan fingerprint density at radius 3 is 2.19 bits per heavy atom. The maximum absolute atomic E-state index is 12.8. The molecule has 0 aromatic heterocycles. The summed E-state index contributed by atoms with van der Waals surface area (Å²) >= 11 is 0. The third-order valence-electron chi connectivity index (χ3n) is 4.47. The van der Waals surface area contributed by atoms with Crippen LogP contribution in [0, 0.1) is 25.2 Å². The predicted octanol–water partition coefficient (Wildman–Crippen LogP) is 2.70. The molecule has 7 heteroatoms. The molecule has 0 spiro atoms. The van der Waals surface area contributed by atoms with Crippen LogP contribution in [-0.4, -0.2) is 44.7 Å². The maximum Gasteiger partial charge on any atom is 0.253 e. The number of nitriles is 1. The number of benzene rings is 2. The van der Waals surface area contributed by atoms with E-state index >= 15 is 0 Å². The van der Waals surface area contributed by atoms with Crippen molar-refractivity contribution in [3.05, 3.63) is 64.2 Å². The van der Waals surface area contributed by atoms with Gasteiger partial charge in [0.1, 0.15) is 0 Å². The van der Waals surface area contributed by atoms with E-state index in [9.17, 15) is 13.2 Å². The Labute approximate surface area is 160 Å². The van der Waals surface area contributed by atoms with E-state index in [4.69, 9.17) is 5.26 Å². The lowest BCUT2D eigenvalue weighted by atomic mass is 10.0. The minimum absolute atomic E-state index is 0.141.